The number of nitrogens with zero attached hydrogens (tertiary/aromatic N) is 1. The van der Waals surface area contributed by atoms with Gasteiger partial charge < -0.3 is 4.52 Å². The summed E-state index contributed by atoms with van der Waals surface area (Å²) in [4.78, 5) is 11.7. The molecule has 1 unspecified atom stereocenters. The summed E-state index contributed by atoms with van der Waals surface area (Å²) in [6, 6.07) is 7.95. The number of nitrogens with one attached hydrogen (secondary N) is 1. The molecule has 6 heteroatoms. The van der Waals surface area contributed by atoms with E-state index in [4.69, 9.17) is 4.52 Å². The van der Waals surface area contributed by atoms with Gasteiger partial charge in [0.1, 0.15) is 5.82 Å². The van der Waals surface area contributed by atoms with E-state index in [1.54, 1.807) is 25.1 Å². The maximum atomic E-state index is 12.8. The molecule has 2 rings (SSSR count). The number of benzene rings is 1. The van der Waals surface area contributed by atoms with Crippen LogP contribution in [0.5, 0.6) is 0 Å². The predicted octanol–water partition coefficient (Wildman–Crippen LogP) is 3.56. The van der Waals surface area contributed by atoms with Gasteiger partial charge in [-0.1, -0.05) is 17.3 Å². The first kappa shape index (κ1) is 14.6. The van der Waals surface area contributed by atoms with Crippen molar-refractivity contribution in [3.05, 3.63) is 47.4 Å². The Hall–Kier alpha value is -1.82. The molecule has 1 aromatic heterocycles. The second kappa shape index (κ2) is 6.56. The van der Waals surface area contributed by atoms with Crippen molar-refractivity contribution in [3.63, 3.8) is 0 Å². The Kier molecular flexibility index (Phi) is 4.79. The highest BCUT2D eigenvalue weighted by atomic mass is 32.2. The molecule has 0 aliphatic carbocycles. The molecular weight excluding hydrogens is 279 g/mol. The van der Waals surface area contributed by atoms with Crippen LogP contribution in [0.2, 0.25) is 0 Å². The summed E-state index contributed by atoms with van der Waals surface area (Å²) in [5.74, 6) is 0.227. The molecule has 1 aromatic carbocycles. The predicted molar refractivity (Wildman–Crippen MR) is 77.1 cm³/mol. The van der Waals surface area contributed by atoms with Gasteiger partial charge in [-0.25, -0.2) is 4.39 Å². The van der Waals surface area contributed by atoms with Crippen molar-refractivity contribution in [2.24, 2.45) is 0 Å². The van der Waals surface area contributed by atoms with E-state index < -0.39 is 0 Å². The summed E-state index contributed by atoms with van der Waals surface area (Å²) in [7, 11) is 0. The summed E-state index contributed by atoms with van der Waals surface area (Å²) in [5, 5.41) is 6.43. The number of anilines is 1. The molecular formula is C14H15FN2O2S. The standard InChI is InChI=1S/C14H15FN2O2S/c1-9-7-14(19-17-9)16-13(18)8-20-10(2)11-3-5-12(15)6-4-11/h3-7,10H,8H2,1-2H3,(H,16,18). The molecule has 1 heterocycles. The molecule has 0 radical (unpaired) electrons. The van der Waals surface area contributed by atoms with Crippen molar-refractivity contribution in [2.75, 3.05) is 11.1 Å². The Morgan fingerprint density at radius 2 is 2.15 bits per heavy atom. The fourth-order valence-corrected chi connectivity index (χ4v) is 2.45. The van der Waals surface area contributed by atoms with Crippen molar-refractivity contribution in [2.45, 2.75) is 19.1 Å². The topological polar surface area (TPSA) is 55.1 Å². The van der Waals surface area contributed by atoms with E-state index in [1.807, 2.05) is 6.92 Å². The minimum Gasteiger partial charge on any atom is -0.338 e. The van der Waals surface area contributed by atoms with Gasteiger partial charge in [-0.15, -0.1) is 11.8 Å². The highest BCUT2D eigenvalue weighted by Crippen LogP contribution is 2.28. The summed E-state index contributed by atoms with van der Waals surface area (Å²) < 4.78 is 17.7. The van der Waals surface area contributed by atoms with E-state index in [2.05, 4.69) is 10.5 Å². The van der Waals surface area contributed by atoms with E-state index >= 15 is 0 Å². The van der Waals surface area contributed by atoms with Crippen LogP contribution in [0.4, 0.5) is 10.3 Å². The lowest BCUT2D eigenvalue weighted by Gasteiger charge is -2.11. The third kappa shape index (κ3) is 4.09. The largest absolute Gasteiger partial charge is 0.338 e. The lowest BCUT2D eigenvalue weighted by atomic mass is 10.2. The molecule has 0 aliphatic heterocycles. The fraction of sp³-hybridized carbons (Fsp3) is 0.286. The van der Waals surface area contributed by atoms with Gasteiger partial charge in [-0.3, -0.25) is 10.1 Å². The number of aromatic nitrogens is 1. The lowest BCUT2D eigenvalue weighted by molar-refractivity contribution is -0.113. The number of rotatable bonds is 5. The van der Waals surface area contributed by atoms with Gasteiger partial charge >= 0.3 is 0 Å². The Balaban J connectivity index is 1.82. The van der Waals surface area contributed by atoms with Gasteiger partial charge in [-0.2, -0.15) is 0 Å². The third-order valence-corrected chi connectivity index (χ3v) is 3.90. The monoisotopic (exact) mass is 294 g/mol. The minimum atomic E-state index is -0.260. The van der Waals surface area contributed by atoms with Crippen molar-refractivity contribution in [1.29, 1.82) is 0 Å². The molecule has 0 spiro atoms. The minimum absolute atomic E-state index is 0.109. The van der Waals surface area contributed by atoms with E-state index in [1.165, 1.54) is 23.9 Å². The maximum absolute atomic E-state index is 12.8. The number of hydrogen-bond acceptors (Lipinski definition) is 4. The average molecular weight is 294 g/mol. The van der Waals surface area contributed by atoms with Crippen LogP contribution in [-0.2, 0) is 4.79 Å². The van der Waals surface area contributed by atoms with Gasteiger partial charge in [-0.05, 0) is 31.5 Å². The first-order chi connectivity index (χ1) is 9.54. The number of carbonyl (C=O) groups is 1. The lowest BCUT2D eigenvalue weighted by Crippen LogP contribution is -2.14. The van der Waals surface area contributed by atoms with Crippen LogP contribution in [0, 0.1) is 12.7 Å². The molecule has 4 nitrogen and oxygen atoms in total. The zero-order valence-electron chi connectivity index (χ0n) is 11.2. The third-order valence-electron chi connectivity index (χ3n) is 2.69. The Morgan fingerprint density at radius 1 is 1.45 bits per heavy atom. The molecule has 0 bridgehead atoms. The van der Waals surface area contributed by atoms with Crippen LogP contribution in [0.3, 0.4) is 0 Å². The highest BCUT2D eigenvalue weighted by Gasteiger charge is 2.11. The van der Waals surface area contributed by atoms with Gasteiger partial charge in [0, 0.05) is 11.3 Å². The molecule has 106 valence electrons. The number of thioether (sulfide) groups is 1. The molecule has 2 aromatic rings. The summed E-state index contributed by atoms with van der Waals surface area (Å²) in [6.45, 7) is 3.76. The fourth-order valence-electron chi connectivity index (χ4n) is 1.63. The summed E-state index contributed by atoms with van der Waals surface area (Å²) >= 11 is 1.47. The second-order valence-corrected chi connectivity index (χ2v) is 5.71. The van der Waals surface area contributed by atoms with E-state index in [0.29, 0.717) is 11.6 Å². The van der Waals surface area contributed by atoms with E-state index in [0.717, 1.165) is 5.56 Å². The molecule has 0 fully saturated rings. The molecule has 1 N–H and O–H groups in total. The Morgan fingerprint density at radius 3 is 2.75 bits per heavy atom. The van der Waals surface area contributed by atoms with Crippen molar-refractivity contribution in [3.8, 4) is 0 Å². The quantitative estimate of drug-likeness (QED) is 0.916. The van der Waals surface area contributed by atoms with Crippen LogP contribution in [0.15, 0.2) is 34.9 Å². The zero-order chi connectivity index (χ0) is 14.5. The van der Waals surface area contributed by atoms with Crippen LogP contribution in [0.25, 0.3) is 0 Å². The SMILES string of the molecule is Cc1cc(NC(=O)CSC(C)c2ccc(F)cc2)on1. The summed E-state index contributed by atoms with van der Waals surface area (Å²) in [5.41, 5.74) is 1.70. The Labute approximate surface area is 120 Å². The average Bonchev–Trinajstić information content (AvgIpc) is 2.82. The number of amides is 1. The summed E-state index contributed by atoms with van der Waals surface area (Å²) in [6.07, 6.45) is 0. The molecule has 0 saturated carbocycles. The Bertz CT molecular complexity index is 583. The maximum Gasteiger partial charge on any atom is 0.236 e. The molecule has 0 aliphatic rings. The molecule has 20 heavy (non-hydrogen) atoms. The first-order valence-electron chi connectivity index (χ1n) is 6.15. The number of hydrogen-bond donors (Lipinski definition) is 1. The van der Waals surface area contributed by atoms with Crippen molar-refractivity contribution < 1.29 is 13.7 Å². The normalized spacial score (nSPS) is 12.2. The second-order valence-electron chi connectivity index (χ2n) is 4.39. The first-order valence-corrected chi connectivity index (χ1v) is 7.19. The van der Waals surface area contributed by atoms with Crippen LogP contribution in [0.1, 0.15) is 23.4 Å². The zero-order valence-corrected chi connectivity index (χ0v) is 12.0. The van der Waals surface area contributed by atoms with Crippen molar-refractivity contribution in [1.82, 2.24) is 5.16 Å². The van der Waals surface area contributed by atoms with Crippen LogP contribution >= 0.6 is 11.8 Å². The van der Waals surface area contributed by atoms with Gasteiger partial charge in [0.25, 0.3) is 0 Å². The molecule has 1 amide bonds. The number of carbonyl (C=O) groups excluding carboxylic acids is 1. The van der Waals surface area contributed by atoms with Crippen LogP contribution in [-0.4, -0.2) is 16.8 Å². The van der Waals surface area contributed by atoms with Gasteiger partial charge in [0.05, 0.1) is 11.4 Å². The van der Waals surface area contributed by atoms with Crippen LogP contribution < -0.4 is 5.32 Å². The van der Waals surface area contributed by atoms with Crippen molar-refractivity contribution >= 4 is 23.6 Å². The van der Waals surface area contributed by atoms with E-state index in [9.17, 15) is 9.18 Å². The number of aryl methyl sites for hydroxylation is 1. The smallest absolute Gasteiger partial charge is 0.236 e. The number of halogens is 1. The van der Waals surface area contributed by atoms with Gasteiger partial charge in [0.15, 0.2) is 0 Å². The van der Waals surface area contributed by atoms with Gasteiger partial charge in [0.2, 0.25) is 11.8 Å². The highest BCUT2D eigenvalue weighted by molar-refractivity contribution is 8.00. The molecule has 0 saturated heterocycles. The molecule has 1 atom stereocenters. The van der Waals surface area contributed by atoms with E-state index in [-0.39, 0.29) is 22.7 Å².